The molecule has 1 N–H and O–H groups in total. The van der Waals surface area contributed by atoms with Crippen LogP contribution in [0.5, 0.6) is 0 Å². The molecule has 0 aliphatic heterocycles. The fraction of sp³-hybridized carbons (Fsp3) is 0.273. The number of benzene rings is 1. The monoisotopic (exact) mass is 273 g/mol. The van der Waals surface area contributed by atoms with Crippen molar-refractivity contribution < 1.29 is 13.2 Å². The lowest BCUT2D eigenvalue weighted by molar-refractivity contribution is -0.137. The number of alkyl halides is 3. The molecule has 0 bridgehead atoms. The average Bonchev–Trinajstić information content (AvgIpc) is 2.76. The van der Waals surface area contributed by atoms with Crippen LogP contribution in [-0.2, 0) is 6.18 Å². The second-order valence-electron chi connectivity index (χ2n) is 3.69. The van der Waals surface area contributed by atoms with E-state index in [9.17, 15) is 13.2 Å². The first-order valence-corrected chi connectivity index (χ1v) is 5.93. The molecule has 0 aliphatic carbocycles. The number of rotatable bonds is 2. The van der Waals surface area contributed by atoms with Gasteiger partial charge in [0.25, 0.3) is 0 Å². The van der Waals surface area contributed by atoms with Gasteiger partial charge in [0.05, 0.1) is 5.56 Å². The van der Waals surface area contributed by atoms with E-state index in [0.29, 0.717) is 21.3 Å². The van der Waals surface area contributed by atoms with Crippen LogP contribution in [-0.4, -0.2) is 17.2 Å². The van der Waals surface area contributed by atoms with Crippen molar-refractivity contribution in [3.05, 3.63) is 29.3 Å². The Bertz CT molecular complexity index is 563. The first kappa shape index (κ1) is 12.8. The Kier molecular flexibility index (Phi) is 3.25. The largest absolute Gasteiger partial charge is 0.416 e. The van der Waals surface area contributed by atoms with E-state index in [1.807, 2.05) is 0 Å². The van der Waals surface area contributed by atoms with E-state index >= 15 is 0 Å². The van der Waals surface area contributed by atoms with Crippen molar-refractivity contribution in [2.75, 3.05) is 12.4 Å². The van der Waals surface area contributed by atoms with Crippen molar-refractivity contribution in [2.45, 2.75) is 13.1 Å². The van der Waals surface area contributed by atoms with E-state index in [-0.39, 0.29) is 0 Å². The Morgan fingerprint density at radius 1 is 1.22 bits per heavy atom. The Morgan fingerprint density at radius 2 is 1.94 bits per heavy atom. The highest BCUT2D eigenvalue weighted by molar-refractivity contribution is 7.18. The van der Waals surface area contributed by atoms with Gasteiger partial charge in [0.2, 0.25) is 5.13 Å². The molecule has 1 aromatic carbocycles. The van der Waals surface area contributed by atoms with Gasteiger partial charge >= 0.3 is 6.18 Å². The molecule has 0 amide bonds. The summed E-state index contributed by atoms with van der Waals surface area (Å²) < 4.78 is 37.6. The number of aryl methyl sites for hydroxylation is 1. The van der Waals surface area contributed by atoms with Crippen molar-refractivity contribution in [2.24, 2.45) is 0 Å². The molecule has 0 unspecified atom stereocenters. The molecule has 0 saturated heterocycles. The molecule has 96 valence electrons. The van der Waals surface area contributed by atoms with Crippen LogP contribution in [0.15, 0.2) is 18.2 Å². The Balaban J connectivity index is 2.41. The van der Waals surface area contributed by atoms with Gasteiger partial charge in [-0.2, -0.15) is 13.2 Å². The van der Waals surface area contributed by atoms with Gasteiger partial charge in [-0.3, -0.25) is 0 Å². The summed E-state index contributed by atoms with van der Waals surface area (Å²) in [6.07, 6.45) is -4.32. The minimum atomic E-state index is -4.32. The quantitative estimate of drug-likeness (QED) is 0.909. The van der Waals surface area contributed by atoms with Gasteiger partial charge in [-0.25, -0.2) is 0 Å². The van der Waals surface area contributed by atoms with Crippen LogP contribution in [0, 0.1) is 6.92 Å². The maximum absolute atomic E-state index is 12.5. The molecule has 7 heteroatoms. The van der Waals surface area contributed by atoms with Gasteiger partial charge in [-0.05, 0) is 24.6 Å². The third kappa shape index (κ3) is 2.45. The number of hydrogen-bond donors (Lipinski definition) is 1. The Morgan fingerprint density at radius 3 is 2.44 bits per heavy atom. The summed E-state index contributed by atoms with van der Waals surface area (Å²) in [6.45, 7) is 1.63. The maximum atomic E-state index is 12.5. The first-order valence-electron chi connectivity index (χ1n) is 5.11. The maximum Gasteiger partial charge on any atom is 0.416 e. The third-order valence-electron chi connectivity index (χ3n) is 2.42. The number of anilines is 1. The predicted octanol–water partition coefficient (Wildman–Crippen LogP) is 3.57. The van der Waals surface area contributed by atoms with Gasteiger partial charge in [0.1, 0.15) is 5.01 Å². The van der Waals surface area contributed by atoms with Crippen molar-refractivity contribution in [1.29, 1.82) is 0 Å². The lowest BCUT2D eigenvalue weighted by Gasteiger charge is -2.09. The Hall–Kier alpha value is -1.63. The number of hydrogen-bond acceptors (Lipinski definition) is 4. The van der Waals surface area contributed by atoms with Gasteiger partial charge in [0.15, 0.2) is 0 Å². The van der Waals surface area contributed by atoms with Crippen LogP contribution in [0.25, 0.3) is 10.6 Å². The van der Waals surface area contributed by atoms with E-state index in [4.69, 9.17) is 0 Å². The molecule has 3 nitrogen and oxygen atoms in total. The predicted molar refractivity (Wildman–Crippen MR) is 64.6 cm³/mol. The molecule has 0 radical (unpaired) electrons. The molecule has 2 rings (SSSR count). The smallest absolute Gasteiger partial charge is 0.363 e. The number of nitrogens with zero attached hydrogens (tertiary/aromatic N) is 2. The SMILES string of the molecule is CNc1nnc(-c2ccc(C(F)(F)F)cc2C)s1. The van der Waals surface area contributed by atoms with Crippen LogP contribution in [0.3, 0.4) is 0 Å². The molecule has 18 heavy (non-hydrogen) atoms. The third-order valence-corrected chi connectivity index (χ3v) is 3.40. The number of halogens is 3. The molecular formula is C11H10F3N3S. The minimum Gasteiger partial charge on any atom is -0.363 e. The summed E-state index contributed by atoms with van der Waals surface area (Å²) in [6, 6.07) is 3.61. The zero-order valence-corrected chi connectivity index (χ0v) is 10.5. The van der Waals surface area contributed by atoms with Gasteiger partial charge in [-0.1, -0.05) is 17.4 Å². The summed E-state index contributed by atoms with van der Waals surface area (Å²) in [5, 5.41) is 11.9. The second-order valence-corrected chi connectivity index (χ2v) is 4.67. The highest BCUT2D eigenvalue weighted by Crippen LogP contribution is 2.34. The second kappa shape index (κ2) is 4.56. The van der Waals surface area contributed by atoms with Gasteiger partial charge in [-0.15, -0.1) is 10.2 Å². The molecule has 2 aromatic rings. The van der Waals surface area contributed by atoms with Crippen LogP contribution in [0.1, 0.15) is 11.1 Å². The van der Waals surface area contributed by atoms with Crippen LogP contribution in [0.2, 0.25) is 0 Å². The van der Waals surface area contributed by atoms with Crippen LogP contribution >= 0.6 is 11.3 Å². The molecule has 0 aliphatic rings. The summed E-state index contributed by atoms with van der Waals surface area (Å²) in [5.74, 6) is 0. The Labute approximate surface area is 106 Å². The van der Waals surface area contributed by atoms with Crippen LogP contribution < -0.4 is 5.32 Å². The molecule has 0 atom stereocenters. The van der Waals surface area contributed by atoms with Crippen molar-refractivity contribution in [3.63, 3.8) is 0 Å². The molecule has 0 fully saturated rings. The fourth-order valence-corrected chi connectivity index (χ4v) is 2.30. The van der Waals surface area contributed by atoms with Gasteiger partial charge in [0, 0.05) is 12.6 Å². The minimum absolute atomic E-state index is 0.531. The summed E-state index contributed by atoms with van der Waals surface area (Å²) in [4.78, 5) is 0. The lowest BCUT2D eigenvalue weighted by atomic mass is 10.1. The standard InChI is InChI=1S/C11H10F3N3S/c1-6-5-7(11(12,13)14)3-4-8(6)9-16-17-10(15-2)18-9/h3-5H,1-2H3,(H,15,17). The van der Waals surface area contributed by atoms with E-state index in [1.54, 1.807) is 14.0 Å². The molecule has 0 saturated carbocycles. The van der Waals surface area contributed by atoms with E-state index in [2.05, 4.69) is 15.5 Å². The fourth-order valence-electron chi connectivity index (χ4n) is 1.51. The van der Waals surface area contributed by atoms with Crippen molar-refractivity contribution >= 4 is 16.5 Å². The van der Waals surface area contributed by atoms with Crippen molar-refractivity contribution in [1.82, 2.24) is 10.2 Å². The summed E-state index contributed by atoms with van der Waals surface area (Å²) >= 11 is 1.30. The van der Waals surface area contributed by atoms with Gasteiger partial charge < -0.3 is 5.32 Å². The zero-order chi connectivity index (χ0) is 13.3. The van der Waals surface area contributed by atoms with E-state index in [1.165, 1.54) is 17.4 Å². The van der Waals surface area contributed by atoms with Crippen molar-refractivity contribution in [3.8, 4) is 10.6 Å². The van der Waals surface area contributed by atoms with E-state index < -0.39 is 11.7 Å². The normalized spacial score (nSPS) is 11.6. The number of nitrogens with one attached hydrogen (secondary N) is 1. The highest BCUT2D eigenvalue weighted by atomic mass is 32.1. The summed E-state index contributed by atoms with van der Waals surface area (Å²) in [5.41, 5.74) is 0.549. The highest BCUT2D eigenvalue weighted by Gasteiger charge is 2.30. The average molecular weight is 273 g/mol. The number of aromatic nitrogens is 2. The first-order chi connectivity index (χ1) is 8.41. The summed E-state index contributed by atoms with van der Waals surface area (Å²) in [7, 11) is 1.71. The lowest BCUT2D eigenvalue weighted by Crippen LogP contribution is -2.05. The van der Waals surface area contributed by atoms with Crippen LogP contribution in [0.4, 0.5) is 18.3 Å². The topological polar surface area (TPSA) is 37.8 Å². The van der Waals surface area contributed by atoms with E-state index in [0.717, 1.165) is 12.1 Å². The zero-order valence-electron chi connectivity index (χ0n) is 9.67. The molecule has 0 spiro atoms. The molecular weight excluding hydrogens is 263 g/mol. The molecule has 1 heterocycles. The molecule has 1 aromatic heterocycles.